The summed E-state index contributed by atoms with van der Waals surface area (Å²) in [6.45, 7) is 2.05. The standard InChI is InChI=1S/C19H13ClN6/c1-12-6-2-3-7-13(12)17-23-19-14-10-22-26(16-9-5-4-8-15(16)20)18(14)21-11-25(19)24-17/h2-11H,1H3. The molecule has 0 N–H and O–H groups in total. The molecule has 0 atom stereocenters. The van der Waals surface area contributed by atoms with Crippen molar-refractivity contribution in [3.63, 3.8) is 0 Å². The van der Waals surface area contributed by atoms with Gasteiger partial charge in [0.1, 0.15) is 6.33 Å². The molecule has 3 aromatic heterocycles. The third-order valence-electron chi connectivity index (χ3n) is 4.37. The first-order valence-corrected chi connectivity index (χ1v) is 8.50. The van der Waals surface area contributed by atoms with Crippen LogP contribution in [0.5, 0.6) is 0 Å². The van der Waals surface area contributed by atoms with E-state index in [2.05, 4.69) is 15.2 Å². The number of hydrogen-bond donors (Lipinski definition) is 0. The molecule has 0 unspecified atom stereocenters. The molecule has 0 aliphatic rings. The number of aromatic nitrogens is 6. The summed E-state index contributed by atoms with van der Waals surface area (Å²) in [6, 6.07) is 15.6. The van der Waals surface area contributed by atoms with Crippen LogP contribution in [-0.4, -0.2) is 29.4 Å². The van der Waals surface area contributed by atoms with Crippen molar-refractivity contribution in [2.45, 2.75) is 6.92 Å². The van der Waals surface area contributed by atoms with Crippen molar-refractivity contribution >= 4 is 28.3 Å². The minimum atomic E-state index is 0.612. The molecule has 0 spiro atoms. The summed E-state index contributed by atoms with van der Waals surface area (Å²) >= 11 is 6.31. The Balaban J connectivity index is 1.75. The lowest BCUT2D eigenvalue weighted by Crippen LogP contribution is -1.99. The predicted molar refractivity (Wildman–Crippen MR) is 101 cm³/mol. The van der Waals surface area contributed by atoms with E-state index in [4.69, 9.17) is 16.6 Å². The maximum absolute atomic E-state index is 6.31. The number of rotatable bonds is 2. The average molecular weight is 361 g/mol. The van der Waals surface area contributed by atoms with E-state index in [0.717, 1.165) is 22.2 Å². The summed E-state index contributed by atoms with van der Waals surface area (Å²) in [4.78, 5) is 9.25. The summed E-state index contributed by atoms with van der Waals surface area (Å²) in [5.41, 5.74) is 4.31. The van der Waals surface area contributed by atoms with Gasteiger partial charge in [0.15, 0.2) is 17.1 Å². The van der Waals surface area contributed by atoms with Gasteiger partial charge in [0.05, 0.1) is 22.3 Å². The fourth-order valence-corrected chi connectivity index (χ4v) is 3.27. The van der Waals surface area contributed by atoms with Crippen LogP contribution in [0.15, 0.2) is 61.1 Å². The molecule has 5 rings (SSSR count). The van der Waals surface area contributed by atoms with Gasteiger partial charge in [0.2, 0.25) is 0 Å². The van der Waals surface area contributed by atoms with Crippen LogP contribution < -0.4 is 0 Å². The maximum atomic E-state index is 6.31. The lowest BCUT2D eigenvalue weighted by Gasteiger charge is -2.04. The van der Waals surface area contributed by atoms with Crippen LogP contribution in [0.3, 0.4) is 0 Å². The van der Waals surface area contributed by atoms with Crippen molar-refractivity contribution < 1.29 is 0 Å². The van der Waals surface area contributed by atoms with Crippen molar-refractivity contribution in [1.29, 1.82) is 0 Å². The monoisotopic (exact) mass is 360 g/mol. The van der Waals surface area contributed by atoms with Gasteiger partial charge in [-0.1, -0.05) is 48.0 Å². The van der Waals surface area contributed by atoms with Gasteiger partial charge < -0.3 is 0 Å². The molecule has 7 heteroatoms. The third-order valence-corrected chi connectivity index (χ3v) is 4.69. The van der Waals surface area contributed by atoms with Crippen molar-refractivity contribution in [3.05, 3.63) is 71.6 Å². The second-order valence-corrected chi connectivity index (χ2v) is 6.42. The average Bonchev–Trinajstić information content (AvgIpc) is 3.26. The van der Waals surface area contributed by atoms with Crippen molar-refractivity contribution in [2.24, 2.45) is 0 Å². The molecule has 0 saturated carbocycles. The van der Waals surface area contributed by atoms with E-state index in [1.54, 1.807) is 21.7 Å². The highest BCUT2D eigenvalue weighted by Crippen LogP contribution is 2.26. The van der Waals surface area contributed by atoms with Gasteiger partial charge in [0, 0.05) is 5.56 Å². The molecule has 0 bridgehead atoms. The van der Waals surface area contributed by atoms with E-state index < -0.39 is 0 Å². The topological polar surface area (TPSA) is 60.9 Å². The van der Waals surface area contributed by atoms with Gasteiger partial charge in [-0.15, -0.1) is 5.10 Å². The third kappa shape index (κ3) is 2.19. The highest BCUT2D eigenvalue weighted by atomic mass is 35.5. The number of hydrogen-bond acceptors (Lipinski definition) is 4. The van der Waals surface area contributed by atoms with E-state index >= 15 is 0 Å². The zero-order valence-electron chi connectivity index (χ0n) is 13.8. The molecule has 5 aromatic rings. The molecule has 26 heavy (non-hydrogen) atoms. The van der Waals surface area contributed by atoms with Crippen LogP contribution in [0, 0.1) is 6.92 Å². The van der Waals surface area contributed by atoms with Gasteiger partial charge >= 0.3 is 0 Å². The lowest BCUT2D eigenvalue weighted by molar-refractivity contribution is 0.882. The molecule has 0 fully saturated rings. The number of nitrogens with zero attached hydrogens (tertiary/aromatic N) is 6. The van der Waals surface area contributed by atoms with Gasteiger partial charge in [-0.05, 0) is 24.6 Å². The first kappa shape index (κ1) is 15.0. The summed E-state index contributed by atoms with van der Waals surface area (Å²) < 4.78 is 3.41. The molecule has 3 heterocycles. The zero-order valence-corrected chi connectivity index (χ0v) is 14.6. The van der Waals surface area contributed by atoms with Crippen LogP contribution >= 0.6 is 11.6 Å². The molecule has 0 aliphatic heterocycles. The summed E-state index contributed by atoms with van der Waals surface area (Å²) in [6.07, 6.45) is 3.40. The Morgan fingerprint density at radius 2 is 1.77 bits per heavy atom. The molecule has 0 aliphatic carbocycles. The van der Waals surface area contributed by atoms with Crippen LogP contribution in [0.1, 0.15) is 5.56 Å². The van der Waals surface area contributed by atoms with Crippen LogP contribution in [0.4, 0.5) is 0 Å². The second kappa shape index (κ2) is 5.64. The van der Waals surface area contributed by atoms with Gasteiger partial charge in [-0.3, -0.25) is 0 Å². The smallest absolute Gasteiger partial charge is 0.182 e. The first-order chi connectivity index (χ1) is 12.7. The number of aryl methyl sites for hydroxylation is 1. The molecule has 126 valence electrons. The van der Waals surface area contributed by atoms with E-state index in [1.807, 2.05) is 55.5 Å². The Labute approximate surface area is 153 Å². The maximum Gasteiger partial charge on any atom is 0.182 e. The van der Waals surface area contributed by atoms with Crippen LogP contribution in [-0.2, 0) is 0 Å². The number of halogens is 1. The molecule has 2 aromatic carbocycles. The Bertz CT molecular complexity index is 1270. The predicted octanol–water partition coefficient (Wildman–Crippen LogP) is 4.09. The van der Waals surface area contributed by atoms with E-state index in [9.17, 15) is 0 Å². The Hall–Kier alpha value is -3.25. The molecule has 6 nitrogen and oxygen atoms in total. The lowest BCUT2D eigenvalue weighted by atomic mass is 10.1. The van der Waals surface area contributed by atoms with Gasteiger partial charge in [0.25, 0.3) is 0 Å². The van der Waals surface area contributed by atoms with E-state index in [1.165, 1.54) is 0 Å². The normalized spacial score (nSPS) is 11.5. The van der Waals surface area contributed by atoms with Crippen molar-refractivity contribution in [3.8, 4) is 17.1 Å². The van der Waals surface area contributed by atoms with E-state index in [-0.39, 0.29) is 0 Å². The highest BCUT2D eigenvalue weighted by Gasteiger charge is 2.16. The van der Waals surface area contributed by atoms with E-state index in [0.29, 0.717) is 22.1 Å². The Morgan fingerprint density at radius 3 is 2.62 bits per heavy atom. The van der Waals surface area contributed by atoms with Crippen molar-refractivity contribution in [2.75, 3.05) is 0 Å². The highest BCUT2D eigenvalue weighted by molar-refractivity contribution is 6.32. The largest absolute Gasteiger partial charge is 0.216 e. The van der Waals surface area contributed by atoms with Crippen LogP contribution in [0.25, 0.3) is 33.8 Å². The van der Waals surface area contributed by atoms with Crippen LogP contribution in [0.2, 0.25) is 5.02 Å². The number of fused-ring (bicyclic) bond motifs is 3. The molecule has 0 amide bonds. The quantitative estimate of drug-likeness (QED) is 0.475. The minimum Gasteiger partial charge on any atom is -0.216 e. The fourth-order valence-electron chi connectivity index (χ4n) is 3.06. The second-order valence-electron chi connectivity index (χ2n) is 6.01. The van der Waals surface area contributed by atoms with Gasteiger partial charge in [-0.25, -0.2) is 19.2 Å². The zero-order chi connectivity index (χ0) is 17.7. The molecular weight excluding hydrogens is 348 g/mol. The minimum absolute atomic E-state index is 0.612. The number of benzene rings is 2. The Kier molecular flexibility index (Phi) is 3.26. The first-order valence-electron chi connectivity index (χ1n) is 8.12. The fraction of sp³-hybridized carbons (Fsp3) is 0.0526. The Morgan fingerprint density at radius 1 is 0.962 bits per heavy atom. The van der Waals surface area contributed by atoms with Crippen molar-refractivity contribution in [1.82, 2.24) is 29.4 Å². The summed E-state index contributed by atoms with van der Waals surface area (Å²) in [5, 5.41) is 10.5. The SMILES string of the molecule is Cc1ccccc1-c1nc2c3cnn(-c4ccccc4Cl)c3ncn2n1. The summed E-state index contributed by atoms with van der Waals surface area (Å²) in [7, 11) is 0. The molecular formula is C19H13ClN6. The molecule has 0 radical (unpaired) electrons. The number of para-hydroxylation sites is 1. The summed E-state index contributed by atoms with van der Waals surface area (Å²) in [5.74, 6) is 0.669. The van der Waals surface area contributed by atoms with Gasteiger partial charge in [-0.2, -0.15) is 5.10 Å². The molecule has 0 saturated heterocycles.